The van der Waals surface area contributed by atoms with Gasteiger partial charge >= 0.3 is 0 Å². The molecule has 0 aromatic carbocycles. The summed E-state index contributed by atoms with van der Waals surface area (Å²) in [6.45, 7) is 8.63. The summed E-state index contributed by atoms with van der Waals surface area (Å²) in [5.74, 6) is 3.08. The molecular formula is C26H42FN11O2. The van der Waals surface area contributed by atoms with Crippen LogP contribution in [0.15, 0.2) is 12.1 Å². The van der Waals surface area contributed by atoms with Crippen molar-refractivity contribution in [2.45, 2.75) is 13.8 Å². The number of piperazine rings is 2. The Kier molecular flexibility index (Phi) is 10.2. The Balaban J connectivity index is 0.000000222. The van der Waals surface area contributed by atoms with E-state index in [2.05, 4.69) is 24.8 Å². The molecule has 0 saturated carbocycles. The summed E-state index contributed by atoms with van der Waals surface area (Å²) < 4.78 is 13.5. The van der Waals surface area contributed by atoms with Gasteiger partial charge in [-0.15, -0.1) is 0 Å². The number of halogens is 1. The minimum atomic E-state index is -0.539. The van der Waals surface area contributed by atoms with Crippen LogP contribution in [0.25, 0.3) is 0 Å². The molecule has 0 bridgehead atoms. The summed E-state index contributed by atoms with van der Waals surface area (Å²) in [5, 5.41) is 0. The van der Waals surface area contributed by atoms with Gasteiger partial charge in [-0.05, 0) is 0 Å². The second-order valence-corrected chi connectivity index (χ2v) is 10.4. The molecule has 2 amide bonds. The highest BCUT2D eigenvalue weighted by Crippen LogP contribution is 2.22. The fourth-order valence-electron chi connectivity index (χ4n) is 4.22. The second kappa shape index (κ2) is 13.4. The summed E-state index contributed by atoms with van der Waals surface area (Å²) in [4.78, 5) is 53.4. The van der Waals surface area contributed by atoms with Crippen LogP contribution in [-0.2, 0) is 9.59 Å². The number of carbonyl (C=O) groups is 2. The molecule has 0 N–H and O–H groups in total. The van der Waals surface area contributed by atoms with Gasteiger partial charge in [-0.3, -0.25) is 9.59 Å². The maximum Gasteiger partial charge on any atom is 0.230 e. The largest absolute Gasteiger partial charge is 0.363 e. The second-order valence-electron chi connectivity index (χ2n) is 10.4. The highest BCUT2D eigenvalue weighted by molar-refractivity contribution is 5.74. The topological polar surface area (TPSA) is 108 Å². The zero-order chi connectivity index (χ0) is 29.6. The van der Waals surface area contributed by atoms with Gasteiger partial charge in [-0.25, -0.2) is 0 Å². The molecule has 2 fully saturated rings. The molecule has 2 aromatic heterocycles. The van der Waals surface area contributed by atoms with E-state index in [1.54, 1.807) is 37.7 Å². The van der Waals surface area contributed by atoms with E-state index in [9.17, 15) is 14.0 Å². The number of hydrogen-bond donors (Lipinski definition) is 0. The average molecular weight is 560 g/mol. The van der Waals surface area contributed by atoms with E-state index < -0.39 is 5.95 Å². The van der Waals surface area contributed by atoms with E-state index >= 15 is 0 Å². The van der Waals surface area contributed by atoms with Crippen LogP contribution in [0.1, 0.15) is 13.8 Å². The first kappa shape index (κ1) is 30.6. The zero-order valence-electron chi connectivity index (χ0n) is 24.9. The van der Waals surface area contributed by atoms with Crippen molar-refractivity contribution in [3.63, 3.8) is 0 Å². The molecule has 2 aliphatic heterocycles. The standard InChI is InChI=1S/C14H24N6O.C12H18FN5O/c1-11(21)19-6-8-20(9-7-19)14-15-12(17(2)3)10-13(16-14)18(4)5;1-9(19)17-4-6-18(7-5-17)12-14-10(13)8-11(15-12)16(2)3/h10H,6-9H2,1-5H3;8H,4-7H2,1-3H3. The molecule has 14 heteroatoms. The third-order valence-electron chi connectivity index (χ3n) is 6.75. The normalized spacial score (nSPS) is 15.3. The number of anilines is 5. The van der Waals surface area contributed by atoms with E-state index in [-0.39, 0.29) is 11.8 Å². The van der Waals surface area contributed by atoms with E-state index in [1.165, 1.54) is 6.07 Å². The predicted octanol–water partition coefficient (Wildman–Crippen LogP) is 0.627. The van der Waals surface area contributed by atoms with Gasteiger partial charge in [0.25, 0.3) is 0 Å². The van der Waals surface area contributed by atoms with Gasteiger partial charge in [0.15, 0.2) is 0 Å². The summed E-state index contributed by atoms with van der Waals surface area (Å²) in [6, 6.07) is 3.27. The van der Waals surface area contributed by atoms with Crippen molar-refractivity contribution in [3.05, 3.63) is 18.1 Å². The third kappa shape index (κ3) is 8.02. The van der Waals surface area contributed by atoms with E-state index in [1.807, 2.05) is 53.9 Å². The van der Waals surface area contributed by atoms with Gasteiger partial charge in [0, 0.05) is 121 Å². The molecule has 0 radical (unpaired) electrons. The van der Waals surface area contributed by atoms with Crippen molar-refractivity contribution in [2.75, 3.05) is 119 Å². The lowest BCUT2D eigenvalue weighted by atomic mass is 10.3. The number of aromatic nitrogens is 4. The third-order valence-corrected chi connectivity index (χ3v) is 6.75. The molecule has 0 aliphatic carbocycles. The fourth-order valence-corrected chi connectivity index (χ4v) is 4.22. The van der Waals surface area contributed by atoms with Gasteiger partial charge in [-0.2, -0.15) is 24.3 Å². The van der Waals surface area contributed by atoms with Gasteiger partial charge in [0.2, 0.25) is 29.7 Å². The number of hydrogen-bond acceptors (Lipinski definition) is 11. The van der Waals surface area contributed by atoms with Gasteiger partial charge < -0.3 is 34.3 Å². The molecule has 4 rings (SSSR count). The number of rotatable bonds is 5. The van der Waals surface area contributed by atoms with Crippen molar-refractivity contribution in [1.82, 2.24) is 29.7 Å². The maximum atomic E-state index is 13.5. The van der Waals surface area contributed by atoms with E-state index in [4.69, 9.17) is 0 Å². The SMILES string of the molecule is CC(=O)N1CCN(c2nc(F)cc(N(C)C)n2)CC1.CC(=O)N1CCN(c2nc(N(C)C)cc(N(C)C)n2)CC1. The van der Waals surface area contributed by atoms with Crippen LogP contribution in [0.3, 0.4) is 0 Å². The molecule has 2 saturated heterocycles. The monoisotopic (exact) mass is 559 g/mol. The molecule has 4 heterocycles. The Labute approximate surface area is 236 Å². The van der Waals surface area contributed by atoms with Crippen LogP contribution < -0.4 is 24.5 Å². The first-order valence-electron chi connectivity index (χ1n) is 13.3. The average Bonchev–Trinajstić information content (AvgIpc) is 2.92. The van der Waals surface area contributed by atoms with Crippen molar-refractivity contribution < 1.29 is 14.0 Å². The van der Waals surface area contributed by atoms with Crippen LogP contribution in [0.2, 0.25) is 0 Å². The minimum absolute atomic E-state index is 0.0637. The lowest BCUT2D eigenvalue weighted by molar-refractivity contribution is -0.129. The van der Waals surface area contributed by atoms with E-state index in [0.717, 1.165) is 43.8 Å². The smallest absolute Gasteiger partial charge is 0.230 e. The first-order valence-corrected chi connectivity index (χ1v) is 13.3. The zero-order valence-corrected chi connectivity index (χ0v) is 24.9. The van der Waals surface area contributed by atoms with Gasteiger partial charge in [0.05, 0.1) is 0 Å². The summed E-state index contributed by atoms with van der Waals surface area (Å²) in [7, 11) is 11.5. The first-order chi connectivity index (χ1) is 18.8. The highest BCUT2D eigenvalue weighted by atomic mass is 19.1. The molecule has 2 aliphatic rings. The molecule has 0 spiro atoms. The Morgan fingerprint density at radius 2 is 0.925 bits per heavy atom. The van der Waals surface area contributed by atoms with Crippen molar-refractivity contribution in [3.8, 4) is 0 Å². The number of nitrogens with zero attached hydrogens (tertiary/aromatic N) is 11. The van der Waals surface area contributed by atoms with Crippen LogP contribution >= 0.6 is 0 Å². The molecule has 40 heavy (non-hydrogen) atoms. The fraction of sp³-hybridized carbons (Fsp3) is 0.615. The van der Waals surface area contributed by atoms with E-state index in [0.29, 0.717) is 37.9 Å². The van der Waals surface area contributed by atoms with Gasteiger partial charge in [0.1, 0.15) is 17.5 Å². The maximum absolute atomic E-state index is 13.5. The van der Waals surface area contributed by atoms with Crippen molar-refractivity contribution >= 4 is 41.2 Å². The summed E-state index contributed by atoms with van der Waals surface area (Å²) >= 11 is 0. The lowest BCUT2D eigenvalue weighted by Crippen LogP contribution is -2.48. The van der Waals surface area contributed by atoms with Gasteiger partial charge in [-0.1, -0.05) is 0 Å². The van der Waals surface area contributed by atoms with Crippen molar-refractivity contribution in [2.24, 2.45) is 0 Å². The molecular weight excluding hydrogens is 517 g/mol. The summed E-state index contributed by atoms with van der Waals surface area (Å²) in [6.07, 6.45) is 0. The quantitative estimate of drug-likeness (QED) is 0.481. The predicted molar refractivity (Wildman–Crippen MR) is 156 cm³/mol. The number of amides is 2. The van der Waals surface area contributed by atoms with Crippen LogP contribution in [-0.4, -0.2) is 136 Å². The lowest BCUT2D eigenvalue weighted by Gasteiger charge is -2.34. The minimum Gasteiger partial charge on any atom is -0.363 e. The van der Waals surface area contributed by atoms with Crippen LogP contribution in [0.4, 0.5) is 33.7 Å². The Hall–Kier alpha value is -3.97. The Bertz CT molecular complexity index is 1140. The van der Waals surface area contributed by atoms with Crippen molar-refractivity contribution in [1.29, 1.82) is 0 Å². The number of carbonyl (C=O) groups excluding carboxylic acids is 2. The molecule has 0 unspecified atom stereocenters. The molecule has 0 atom stereocenters. The molecule has 220 valence electrons. The summed E-state index contributed by atoms with van der Waals surface area (Å²) in [5.41, 5.74) is 0. The van der Waals surface area contributed by atoms with Crippen LogP contribution in [0, 0.1) is 5.95 Å². The molecule has 13 nitrogen and oxygen atoms in total. The molecule has 2 aromatic rings. The Morgan fingerprint density at radius 3 is 1.25 bits per heavy atom. The Morgan fingerprint density at radius 1 is 0.600 bits per heavy atom. The van der Waals surface area contributed by atoms with Crippen LogP contribution in [0.5, 0.6) is 0 Å². The highest BCUT2D eigenvalue weighted by Gasteiger charge is 2.23.